The van der Waals surface area contributed by atoms with Gasteiger partial charge in [0.05, 0.1) is 6.20 Å². The first-order chi connectivity index (χ1) is 10.2. The maximum absolute atomic E-state index is 5.95. The van der Waals surface area contributed by atoms with Gasteiger partial charge in [0.1, 0.15) is 17.1 Å². The Morgan fingerprint density at radius 2 is 2.00 bits per heavy atom. The molecule has 2 heterocycles. The molecule has 0 aliphatic heterocycles. The van der Waals surface area contributed by atoms with Gasteiger partial charge in [-0.2, -0.15) is 0 Å². The molecule has 0 bridgehead atoms. The Labute approximate surface area is 124 Å². The fraction of sp³-hybridized carbons (Fsp3) is 0.353. The minimum atomic E-state index is 0.817. The van der Waals surface area contributed by atoms with E-state index in [1.165, 1.54) is 10.9 Å². The molecular weight excluding hydrogens is 264 g/mol. The van der Waals surface area contributed by atoms with Crippen LogP contribution >= 0.6 is 0 Å². The van der Waals surface area contributed by atoms with E-state index in [1.54, 1.807) is 6.20 Å². The smallest absolute Gasteiger partial charge is 0.138 e. The largest absolute Gasteiger partial charge is 0.461 e. The van der Waals surface area contributed by atoms with Crippen molar-refractivity contribution in [3.63, 3.8) is 0 Å². The lowest BCUT2D eigenvalue weighted by Gasteiger charge is -2.16. The number of rotatable bonds is 5. The van der Waals surface area contributed by atoms with E-state index in [2.05, 4.69) is 36.2 Å². The first kappa shape index (κ1) is 13.9. The molecule has 0 radical (unpaired) electrons. The molecule has 0 aliphatic carbocycles. The van der Waals surface area contributed by atoms with Gasteiger partial charge in [0, 0.05) is 36.0 Å². The van der Waals surface area contributed by atoms with Crippen molar-refractivity contribution in [3.8, 4) is 0 Å². The molecule has 1 aromatic carbocycles. The third kappa shape index (κ3) is 2.72. The average Bonchev–Trinajstić information content (AvgIpc) is 3.04. The first-order valence-electron chi connectivity index (χ1n) is 7.27. The Morgan fingerprint density at radius 3 is 2.71 bits per heavy atom. The summed E-state index contributed by atoms with van der Waals surface area (Å²) in [6.45, 7) is 5.75. The van der Waals surface area contributed by atoms with Gasteiger partial charge in [-0.1, -0.05) is 30.3 Å². The molecule has 2 aromatic heterocycles. The summed E-state index contributed by atoms with van der Waals surface area (Å²) in [6.07, 6.45) is 2.70. The number of hydrogen-bond donors (Lipinski definition) is 0. The predicted octanol–water partition coefficient (Wildman–Crippen LogP) is 3.92. The highest BCUT2D eigenvalue weighted by atomic mass is 16.5. The van der Waals surface area contributed by atoms with E-state index in [-0.39, 0.29) is 0 Å². The van der Waals surface area contributed by atoms with Crippen molar-refractivity contribution in [1.29, 1.82) is 0 Å². The number of furan rings is 1. The monoisotopic (exact) mass is 284 g/mol. The average molecular weight is 284 g/mol. The molecule has 0 atom stereocenters. The van der Waals surface area contributed by atoms with E-state index in [4.69, 9.17) is 8.94 Å². The number of fused-ring (bicyclic) bond motifs is 1. The zero-order valence-electron chi connectivity index (χ0n) is 12.7. The molecular formula is C17H20N2O2. The van der Waals surface area contributed by atoms with Crippen molar-refractivity contribution in [2.24, 2.45) is 0 Å². The fourth-order valence-electron chi connectivity index (χ4n) is 2.70. The summed E-state index contributed by atoms with van der Waals surface area (Å²) in [5.41, 5.74) is 3.38. The summed E-state index contributed by atoms with van der Waals surface area (Å²) in [5, 5.41) is 5.05. The van der Waals surface area contributed by atoms with E-state index in [9.17, 15) is 0 Å². The van der Waals surface area contributed by atoms with Gasteiger partial charge >= 0.3 is 0 Å². The number of aromatic nitrogens is 1. The van der Waals surface area contributed by atoms with Crippen LogP contribution in [0.15, 0.2) is 39.4 Å². The second-order valence-electron chi connectivity index (χ2n) is 5.43. The minimum Gasteiger partial charge on any atom is -0.461 e. The molecule has 110 valence electrons. The summed E-state index contributed by atoms with van der Waals surface area (Å²) in [7, 11) is 2.10. The summed E-state index contributed by atoms with van der Waals surface area (Å²) in [6, 6.07) is 8.23. The zero-order valence-corrected chi connectivity index (χ0v) is 12.7. The van der Waals surface area contributed by atoms with Gasteiger partial charge in [0.25, 0.3) is 0 Å². The molecule has 0 saturated heterocycles. The van der Waals surface area contributed by atoms with Crippen LogP contribution in [0.2, 0.25) is 0 Å². The molecule has 0 aliphatic rings. The standard InChI is InChI=1S/C17H20N2O2/c1-4-16-15(14-7-5-6-8-17(14)20-16)11-19(3)10-13-9-18-21-12(13)2/h5-9H,4,10-11H2,1-3H3. The van der Waals surface area contributed by atoms with E-state index in [1.807, 2.05) is 19.1 Å². The number of benzene rings is 1. The van der Waals surface area contributed by atoms with Crippen molar-refractivity contribution in [2.45, 2.75) is 33.4 Å². The Bertz CT molecular complexity index is 742. The molecule has 0 N–H and O–H groups in total. The van der Waals surface area contributed by atoms with Gasteiger partial charge in [-0.3, -0.25) is 4.90 Å². The fourth-order valence-corrected chi connectivity index (χ4v) is 2.70. The van der Waals surface area contributed by atoms with Crippen molar-refractivity contribution in [2.75, 3.05) is 7.05 Å². The number of hydrogen-bond acceptors (Lipinski definition) is 4. The molecule has 0 unspecified atom stereocenters. The van der Waals surface area contributed by atoms with E-state index in [0.29, 0.717) is 0 Å². The molecule has 0 saturated carbocycles. The van der Waals surface area contributed by atoms with Crippen LogP contribution in [0.3, 0.4) is 0 Å². The van der Waals surface area contributed by atoms with Crippen LogP contribution < -0.4 is 0 Å². The van der Waals surface area contributed by atoms with Crippen LogP contribution in [0.4, 0.5) is 0 Å². The van der Waals surface area contributed by atoms with Gasteiger partial charge in [0.15, 0.2) is 0 Å². The van der Waals surface area contributed by atoms with E-state index in [0.717, 1.165) is 42.2 Å². The van der Waals surface area contributed by atoms with Gasteiger partial charge < -0.3 is 8.94 Å². The molecule has 0 amide bonds. The highest BCUT2D eigenvalue weighted by Gasteiger charge is 2.15. The normalized spacial score (nSPS) is 11.6. The van der Waals surface area contributed by atoms with Crippen molar-refractivity contribution >= 4 is 11.0 Å². The molecule has 21 heavy (non-hydrogen) atoms. The van der Waals surface area contributed by atoms with Crippen LogP contribution in [-0.2, 0) is 19.5 Å². The topological polar surface area (TPSA) is 42.4 Å². The number of para-hydroxylation sites is 1. The second kappa shape index (κ2) is 5.74. The van der Waals surface area contributed by atoms with Crippen LogP contribution in [-0.4, -0.2) is 17.1 Å². The van der Waals surface area contributed by atoms with Gasteiger partial charge in [-0.05, 0) is 20.0 Å². The quantitative estimate of drug-likeness (QED) is 0.712. The minimum absolute atomic E-state index is 0.817. The molecule has 3 rings (SSSR count). The Kier molecular flexibility index (Phi) is 3.80. The number of aryl methyl sites for hydroxylation is 2. The van der Waals surface area contributed by atoms with Crippen molar-refractivity contribution < 1.29 is 8.94 Å². The van der Waals surface area contributed by atoms with Crippen LogP contribution in [0.1, 0.15) is 29.6 Å². The highest BCUT2D eigenvalue weighted by Crippen LogP contribution is 2.27. The SMILES string of the molecule is CCc1oc2ccccc2c1CN(C)Cc1cnoc1C. The third-order valence-electron chi connectivity index (χ3n) is 3.82. The van der Waals surface area contributed by atoms with Gasteiger partial charge in [0.2, 0.25) is 0 Å². The first-order valence-corrected chi connectivity index (χ1v) is 7.27. The molecule has 4 nitrogen and oxygen atoms in total. The Hall–Kier alpha value is -2.07. The molecule has 0 fully saturated rings. The van der Waals surface area contributed by atoms with Crippen molar-refractivity contribution in [3.05, 3.63) is 53.1 Å². The highest BCUT2D eigenvalue weighted by molar-refractivity contribution is 5.82. The van der Waals surface area contributed by atoms with Crippen LogP contribution in [0, 0.1) is 6.92 Å². The zero-order chi connectivity index (χ0) is 14.8. The third-order valence-corrected chi connectivity index (χ3v) is 3.82. The summed E-state index contributed by atoms with van der Waals surface area (Å²) < 4.78 is 11.1. The van der Waals surface area contributed by atoms with E-state index < -0.39 is 0 Å². The summed E-state index contributed by atoms with van der Waals surface area (Å²) >= 11 is 0. The van der Waals surface area contributed by atoms with Crippen LogP contribution in [0.25, 0.3) is 11.0 Å². The second-order valence-corrected chi connectivity index (χ2v) is 5.43. The van der Waals surface area contributed by atoms with Crippen LogP contribution in [0.5, 0.6) is 0 Å². The maximum atomic E-state index is 5.95. The van der Waals surface area contributed by atoms with E-state index >= 15 is 0 Å². The van der Waals surface area contributed by atoms with Gasteiger partial charge in [-0.25, -0.2) is 0 Å². The summed E-state index contributed by atoms with van der Waals surface area (Å²) in [5.74, 6) is 1.96. The molecule has 0 spiro atoms. The lowest BCUT2D eigenvalue weighted by molar-refractivity contribution is 0.313. The molecule has 3 aromatic rings. The summed E-state index contributed by atoms with van der Waals surface area (Å²) in [4.78, 5) is 2.26. The predicted molar refractivity (Wildman–Crippen MR) is 82.0 cm³/mol. The molecule has 4 heteroatoms. The Balaban J connectivity index is 1.85. The van der Waals surface area contributed by atoms with Crippen molar-refractivity contribution in [1.82, 2.24) is 10.1 Å². The lowest BCUT2D eigenvalue weighted by atomic mass is 10.1. The maximum Gasteiger partial charge on any atom is 0.138 e. The number of nitrogens with zero attached hydrogens (tertiary/aromatic N) is 2. The van der Waals surface area contributed by atoms with Gasteiger partial charge in [-0.15, -0.1) is 0 Å². The lowest BCUT2D eigenvalue weighted by Crippen LogP contribution is -2.17. The Morgan fingerprint density at radius 1 is 1.19 bits per heavy atom.